The Morgan fingerprint density at radius 2 is 1.93 bits per heavy atom. The molecule has 2 aromatic carbocycles. The van der Waals surface area contributed by atoms with Gasteiger partial charge in [-0.2, -0.15) is 5.26 Å². The minimum atomic E-state index is -0.138. The van der Waals surface area contributed by atoms with Crippen molar-refractivity contribution in [2.45, 2.75) is 37.6 Å². The van der Waals surface area contributed by atoms with E-state index in [0.717, 1.165) is 42.5 Å². The van der Waals surface area contributed by atoms with Crippen molar-refractivity contribution >= 4 is 16.9 Å². The number of fused-ring (bicyclic) bond motifs is 1. The van der Waals surface area contributed by atoms with Crippen molar-refractivity contribution in [3.05, 3.63) is 53.3 Å². The Morgan fingerprint density at radius 1 is 1.17 bits per heavy atom. The van der Waals surface area contributed by atoms with Crippen LogP contribution in [0.2, 0.25) is 0 Å². The third-order valence-electron chi connectivity index (χ3n) is 5.64. The number of rotatable bonds is 5. The largest absolute Gasteiger partial charge is 0.497 e. The third-order valence-corrected chi connectivity index (χ3v) is 5.64. The highest BCUT2D eigenvalue weighted by Crippen LogP contribution is 2.33. The molecule has 7 nitrogen and oxygen atoms in total. The summed E-state index contributed by atoms with van der Waals surface area (Å²) in [6, 6.07) is 12.9. The monoisotopic (exact) mass is 404 g/mol. The molecular formula is C23H24N4O3. The molecule has 0 aliphatic heterocycles. The van der Waals surface area contributed by atoms with Crippen LogP contribution in [0.1, 0.15) is 53.3 Å². The number of carbonyl (C=O) groups excluding carboxylic acids is 1. The maximum absolute atomic E-state index is 12.8. The van der Waals surface area contributed by atoms with Gasteiger partial charge in [-0.25, -0.2) is 4.98 Å². The molecule has 0 bridgehead atoms. The molecule has 154 valence electrons. The first-order chi connectivity index (χ1) is 14.6. The summed E-state index contributed by atoms with van der Waals surface area (Å²) < 4.78 is 10.5. The van der Waals surface area contributed by atoms with E-state index in [9.17, 15) is 4.79 Å². The zero-order valence-electron chi connectivity index (χ0n) is 17.1. The predicted octanol–water partition coefficient (Wildman–Crippen LogP) is 3.91. The highest BCUT2D eigenvalue weighted by atomic mass is 16.5. The van der Waals surface area contributed by atoms with Crippen LogP contribution in [0, 0.1) is 11.3 Å². The topological polar surface area (TPSA) is 100 Å². The summed E-state index contributed by atoms with van der Waals surface area (Å²) in [5.74, 6) is 2.19. The molecule has 0 radical (unpaired) electrons. The van der Waals surface area contributed by atoms with Gasteiger partial charge in [-0.05, 0) is 49.6 Å². The van der Waals surface area contributed by atoms with Crippen LogP contribution >= 0.6 is 0 Å². The number of nitrogens with one attached hydrogen (secondary N) is 2. The van der Waals surface area contributed by atoms with E-state index in [-0.39, 0.29) is 17.9 Å². The van der Waals surface area contributed by atoms with Crippen molar-refractivity contribution in [1.82, 2.24) is 15.3 Å². The minimum absolute atomic E-state index is 0.0660. The average Bonchev–Trinajstić information content (AvgIpc) is 3.22. The van der Waals surface area contributed by atoms with E-state index in [2.05, 4.69) is 16.4 Å². The second-order valence-electron chi connectivity index (χ2n) is 7.60. The summed E-state index contributed by atoms with van der Waals surface area (Å²) in [6.07, 6.45) is 3.78. The smallest absolute Gasteiger partial charge is 0.251 e. The van der Waals surface area contributed by atoms with Gasteiger partial charge in [0.1, 0.15) is 17.3 Å². The zero-order chi connectivity index (χ0) is 21.1. The SMILES string of the molecule is COc1cc(OC)cc(C(=O)NC2CCCC(c3nc4ccc(C#N)cc4[nH]3)C2)c1. The maximum Gasteiger partial charge on any atom is 0.251 e. The van der Waals surface area contributed by atoms with Crippen molar-refractivity contribution in [3.8, 4) is 17.6 Å². The lowest BCUT2D eigenvalue weighted by Crippen LogP contribution is -2.38. The van der Waals surface area contributed by atoms with E-state index in [4.69, 9.17) is 19.7 Å². The number of nitrogens with zero attached hydrogens (tertiary/aromatic N) is 2. The second-order valence-corrected chi connectivity index (χ2v) is 7.60. The van der Waals surface area contributed by atoms with Crippen LogP contribution in [0.4, 0.5) is 0 Å². The molecule has 4 rings (SSSR count). The fourth-order valence-electron chi connectivity index (χ4n) is 4.07. The first-order valence-corrected chi connectivity index (χ1v) is 10.0. The molecule has 1 aliphatic carbocycles. The summed E-state index contributed by atoms with van der Waals surface area (Å²) in [5, 5.41) is 12.2. The number of H-pyrrole nitrogens is 1. The molecular weight excluding hydrogens is 380 g/mol. The van der Waals surface area contributed by atoms with Gasteiger partial charge in [0.05, 0.1) is 36.9 Å². The van der Waals surface area contributed by atoms with Crippen LogP contribution in [0.25, 0.3) is 11.0 Å². The summed E-state index contributed by atoms with van der Waals surface area (Å²) in [6.45, 7) is 0. The van der Waals surface area contributed by atoms with Gasteiger partial charge in [0.25, 0.3) is 5.91 Å². The molecule has 1 fully saturated rings. The van der Waals surface area contributed by atoms with Crippen LogP contribution in [0.15, 0.2) is 36.4 Å². The quantitative estimate of drug-likeness (QED) is 0.672. The number of hydrogen-bond donors (Lipinski definition) is 2. The number of methoxy groups -OCH3 is 2. The number of aromatic amines is 1. The van der Waals surface area contributed by atoms with E-state index < -0.39 is 0 Å². The molecule has 30 heavy (non-hydrogen) atoms. The summed E-state index contributed by atoms with van der Waals surface area (Å²) >= 11 is 0. The van der Waals surface area contributed by atoms with Gasteiger partial charge in [0, 0.05) is 23.6 Å². The molecule has 3 aromatic rings. The molecule has 1 saturated carbocycles. The van der Waals surface area contributed by atoms with E-state index in [1.54, 1.807) is 38.5 Å². The molecule has 2 atom stereocenters. The van der Waals surface area contributed by atoms with Gasteiger partial charge in [0.2, 0.25) is 0 Å². The lowest BCUT2D eigenvalue weighted by Gasteiger charge is -2.28. The molecule has 0 spiro atoms. The third kappa shape index (κ3) is 4.08. The standard InChI is InChI=1S/C23H24N4O3/c1-29-18-10-16(11-19(12-18)30-2)23(28)25-17-5-3-4-15(9-17)22-26-20-7-6-14(13-24)8-21(20)27-22/h6-8,10-12,15,17H,3-5,9H2,1-2H3,(H,25,28)(H,26,27). The first-order valence-electron chi connectivity index (χ1n) is 10.0. The van der Waals surface area contributed by atoms with Crippen LogP contribution in [0.5, 0.6) is 11.5 Å². The van der Waals surface area contributed by atoms with Crippen molar-refractivity contribution in [2.24, 2.45) is 0 Å². The molecule has 7 heteroatoms. The van der Waals surface area contributed by atoms with Crippen molar-refractivity contribution in [2.75, 3.05) is 14.2 Å². The van der Waals surface area contributed by atoms with Gasteiger partial charge in [-0.3, -0.25) is 4.79 Å². The average molecular weight is 404 g/mol. The number of hydrogen-bond acceptors (Lipinski definition) is 5. The summed E-state index contributed by atoms with van der Waals surface area (Å²) in [5.41, 5.74) is 2.86. The maximum atomic E-state index is 12.8. The van der Waals surface area contributed by atoms with Crippen LogP contribution in [-0.4, -0.2) is 36.1 Å². The zero-order valence-corrected chi connectivity index (χ0v) is 17.1. The Kier molecular flexibility index (Phi) is 5.57. The fourth-order valence-corrected chi connectivity index (χ4v) is 4.07. The molecule has 1 heterocycles. The minimum Gasteiger partial charge on any atom is -0.497 e. The Labute approximate surface area is 175 Å². The van der Waals surface area contributed by atoms with Crippen LogP contribution in [0.3, 0.4) is 0 Å². The van der Waals surface area contributed by atoms with E-state index >= 15 is 0 Å². The van der Waals surface area contributed by atoms with Crippen molar-refractivity contribution in [1.29, 1.82) is 5.26 Å². The van der Waals surface area contributed by atoms with E-state index in [1.165, 1.54) is 0 Å². The van der Waals surface area contributed by atoms with Crippen LogP contribution in [-0.2, 0) is 0 Å². The Bertz CT molecular complexity index is 1090. The normalized spacial score (nSPS) is 18.6. The molecule has 1 aliphatic rings. The van der Waals surface area contributed by atoms with Crippen LogP contribution < -0.4 is 14.8 Å². The second kappa shape index (κ2) is 8.46. The number of benzene rings is 2. The van der Waals surface area contributed by atoms with Crippen molar-refractivity contribution in [3.63, 3.8) is 0 Å². The first kappa shape index (κ1) is 19.8. The molecule has 2 unspecified atom stereocenters. The number of imidazole rings is 1. The number of aromatic nitrogens is 2. The van der Waals surface area contributed by atoms with Gasteiger partial charge in [-0.1, -0.05) is 6.42 Å². The lowest BCUT2D eigenvalue weighted by molar-refractivity contribution is 0.0924. The number of nitriles is 1. The number of ether oxygens (including phenoxy) is 2. The van der Waals surface area contributed by atoms with Crippen molar-refractivity contribution < 1.29 is 14.3 Å². The van der Waals surface area contributed by atoms with Gasteiger partial charge >= 0.3 is 0 Å². The summed E-state index contributed by atoms with van der Waals surface area (Å²) in [4.78, 5) is 20.9. The fraction of sp³-hybridized carbons (Fsp3) is 0.348. The van der Waals surface area contributed by atoms with E-state index in [1.807, 2.05) is 12.1 Å². The lowest BCUT2D eigenvalue weighted by atomic mass is 9.85. The van der Waals surface area contributed by atoms with Gasteiger partial charge in [0.15, 0.2) is 0 Å². The molecule has 1 amide bonds. The summed E-state index contributed by atoms with van der Waals surface area (Å²) in [7, 11) is 3.13. The molecule has 2 N–H and O–H groups in total. The Hall–Kier alpha value is -3.53. The Balaban J connectivity index is 1.48. The number of amides is 1. The molecule has 1 aromatic heterocycles. The molecule has 0 saturated heterocycles. The van der Waals surface area contributed by atoms with Gasteiger partial charge in [-0.15, -0.1) is 0 Å². The van der Waals surface area contributed by atoms with Gasteiger partial charge < -0.3 is 19.8 Å². The van der Waals surface area contributed by atoms with E-state index in [0.29, 0.717) is 22.6 Å². The number of carbonyl (C=O) groups is 1. The highest BCUT2D eigenvalue weighted by molar-refractivity contribution is 5.95. The predicted molar refractivity (Wildman–Crippen MR) is 113 cm³/mol. The highest BCUT2D eigenvalue weighted by Gasteiger charge is 2.27. The Morgan fingerprint density at radius 3 is 2.63 bits per heavy atom.